The Morgan fingerprint density at radius 1 is 1.16 bits per heavy atom. The zero-order valence-corrected chi connectivity index (χ0v) is 16.7. The highest BCUT2D eigenvalue weighted by Crippen LogP contribution is 2.35. The molecule has 2 aromatic heterocycles. The number of aromatic nitrogens is 2. The first kappa shape index (κ1) is 17.9. The number of rotatable bonds is 4. The smallest absolute Gasteiger partial charge is 0.234 e. The number of fused-ring (bicyclic) bond motifs is 1. The van der Waals surface area contributed by atoms with Crippen LogP contribution in [0, 0.1) is 34.6 Å². The van der Waals surface area contributed by atoms with Crippen molar-refractivity contribution in [3.8, 4) is 0 Å². The second kappa shape index (κ2) is 7.14. The summed E-state index contributed by atoms with van der Waals surface area (Å²) < 4.78 is 0. The standard InChI is InChI=1S/C19H21N3OS2/c1-10-6-7-11(2)15(8-10)22-16(23)9-24-18-17-12(3)13(4)25-19(17)21-14(5)20-18/h6-8H,9H2,1-5H3,(H,22,23). The van der Waals surface area contributed by atoms with Crippen LogP contribution in [0.5, 0.6) is 0 Å². The largest absolute Gasteiger partial charge is 0.325 e. The molecule has 0 aliphatic carbocycles. The molecule has 0 saturated carbocycles. The normalized spacial score (nSPS) is 11.1. The highest BCUT2D eigenvalue weighted by molar-refractivity contribution is 8.00. The van der Waals surface area contributed by atoms with Crippen LogP contribution in [0.1, 0.15) is 27.4 Å². The van der Waals surface area contributed by atoms with E-state index in [1.807, 2.05) is 39.0 Å². The second-order valence-electron chi connectivity index (χ2n) is 6.19. The van der Waals surface area contributed by atoms with Crippen molar-refractivity contribution in [3.05, 3.63) is 45.6 Å². The molecule has 0 radical (unpaired) electrons. The lowest BCUT2D eigenvalue weighted by Gasteiger charge is -2.09. The summed E-state index contributed by atoms with van der Waals surface area (Å²) in [5.41, 5.74) is 4.27. The second-order valence-corrected chi connectivity index (χ2v) is 8.36. The molecule has 3 aromatic rings. The van der Waals surface area contributed by atoms with E-state index in [4.69, 9.17) is 0 Å². The highest BCUT2D eigenvalue weighted by atomic mass is 32.2. The molecule has 6 heteroatoms. The number of nitrogens with zero attached hydrogens (tertiary/aromatic N) is 2. The van der Waals surface area contributed by atoms with Gasteiger partial charge in [-0.1, -0.05) is 23.9 Å². The molecule has 0 saturated heterocycles. The van der Waals surface area contributed by atoms with Crippen LogP contribution in [0.2, 0.25) is 0 Å². The van der Waals surface area contributed by atoms with E-state index < -0.39 is 0 Å². The molecule has 0 spiro atoms. The van der Waals surface area contributed by atoms with Crippen LogP contribution in [-0.2, 0) is 4.79 Å². The van der Waals surface area contributed by atoms with Crippen LogP contribution in [0.4, 0.5) is 5.69 Å². The molecule has 25 heavy (non-hydrogen) atoms. The number of aryl methyl sites for hydroxylation is 5. The van der Waals surface area contributed by atoms with Crippen LogP contribution in [0.3, 0.4) is 0 Å². The van der Waals surface area contributed by atoms with Crippen LogP contribution in [-0.4, -0.2) is 21.6 Å². The SMILES string of the molecule is Cc1ccc(C)c(NC(=O)CSc2nc(C)nc3sc(C)c(C)c23)c1. The first-order valence-electron chi connectivity index (χ1n) is 8.09. The lowest BCUT2D eigenvalue weighted by molar-refractivity contribution is -0.113. The van der Waals surface area contributed by atoms with E-state index in [2.05, 4.69) is 29.1 Å². The Bertz CT molecular complexity index is 963. The first-order valence-corrected chi connectivity index (χ1v) is 9.89. The first-order chi connectivity index (χ1) is 11.8. The molecule has 130 valence electrons. The minimum absolute atomic E-state index is 0.0206. The van der Waals surface area contributed by atoms with Crippen molar-refractivity contribution in [2.24, 2.45) is 0 Å². The summed E-state index contributed by atoms with van der Waals surface area (Å²) in [6.07, 6.45) is 0. The topological polar surface area (TPSA) is 54.9 Å². The van der Waals surface area contributed by atoms with Crippen molar-refractivity contribution < 1.29 is 4.79 Å². The van der Waals surface area contributed by atoms with Crippen molar-refractivity contribution in [1.29, 1.82) is 0 Å². The summed E-state index contributed by atoms with van der Waals surface area (Å²) in [5, 5.41) is 4.97. The number of nitrogens with one attached hydrogen (secondary N) is 1. The summed E-state index contributed by atoms with van der Waals surface area (Å²) in [5.74, 6) is 1.05. The van der Waals surface area contributed by atoms with Gasteiger partial charge in [0, 0.05) is 16.0 Å². The van der Waals surface area contributed by atoms with Crippen LogP contribution in [0.15, 0.2) is 23.2 Å². The van der Waals surface area contributed by atoms with E-state index in [1.165, 1.54) is 22.2 Å². The summed E-state index contributed by atoms with van der Waals surface area (Å²) in [4.78, 5) is 23.7. The quantitative estimate of drug-likeness (QED) is 0.520. The van der Waals surface area contributed by atoms with Gasteiger partial charge in [0.25, 0.3) is 0 Å². The number of carbonyl (C=O) groups is 1. The zero-order valence-electron chi connectivity index (χ0n) is 15.1. The molecule has 0 unspecified atom stereocenters. The maximum atomic E-state index is 12.4. The predicted molar refractivity (Wildman–Crippen MR) is 107 cm³/mol. The van der Waals surface area contributed by atoms with Gasteiger partial charge in [-0.3, -0.25) is 4.79 Å². The van der Waals surface area contributed by atoms with Gasteiger partial charge in [0.2, 0.25) is 5.91 Å². The Kier molecular flexibility index (Phi) is 5.11. The number of benzene rings is 1. The Balaban J connectivity index is 1.78. The van der Waals surface area contributed by atoms with E-state index in [9.17, 15) is 4.79 Å². The van der Waals surface area contributed by atoms with Gasteiger partial charge >= 0.3 is 0 Å². The molecule has 1 amide bonds. The van der Waals surface area contributed by atoms with E-state index in [0.29, 0.717) is 5.75 Å². The van der Waals surface area contributed by atoms with Crippen LogP contribution in [0.25, 0.3) is 10.2 Å². The van der Waals surface area contributed by atoms with Crippen molar-refractivity contribution >= 4 is 44.9 Å². The molecule has 0 fully saturated rings. The number of carbonyl (C=O) groups excluding carboxylic acids is 1. The van der Waals surface area contributed by atoms with Crippen molar-refractivity contribution in [3.63, 3.8) is 0 Å². The maximum Gasteiger partial charge on any atom is 0.234 e. The average Bonchev–Trinajstić information content (AvgIpc) is 2.83. The molecule has 2 heterocycles. The van der Waals surface area contributed by atoms with Gasteiger partial charge < -0.3 is 5.32 Å². The van der Waals surface area contributed by atoms with Crippen LogP contribution >= 0.6 is 23.1 Å². The third-order valence-corrected chi connectivity index (χ3v) is 6.19. The lowest BCUT2D eigenvalue weighted by Crippen LogP contribution is -2.15. The molecule has 0 aliphatic rings. The zero-order chi connectivity index (χ0) is 18.1. The third-order valence-electron chi connectivity index (χ3n) is 4.11. The van der Waals surface area contributed by atoms with Crippen molar-refractivity contribution in [1.82, 2.24) is 9.97 Å². The molecule has 1 aromatic carbocycles. The molecule has 3 rings (SSSR count). The third kappa shape index (κ3) is 3.85. The number of anilines is 1. The van der Waals surface area contributed by atoms with Gasteiger partial charge in [0.15, 0.2) is 0 Å². The highest BCUT2D eigenvalue weighted by Gasteiger charge is 2.15. The molecule has 0 atom stereocenters. The monoisotopic (exact) mass is 371 g/mol. The summed E-state index contributed by atoms with van der Waals surface area (Å²) in [6, 6.07) is 6.06. The lowest BCUT2D eigenvalue weighted by atomic mass is 10.1. The van der Waals surface area contributed by atoms with Crippen molar-refractivity contribution in [2.45, 2.75) is 39.6 Å². The Morgan fingerprint density at radius 2 is 1.92 bits per heavy atom. The van der Waals surface area contributed by atoms with Gasteiger partial charge in [0.05, 0.1) is 5.75 Å². The Morgan fingerprint density at radius 3 is 2.68 bits per heavy atom. The van der Waals surface area contributed by atoms with E-state index >= 15 is 0 Å². The predicted octanol–water partition coefficient (Wildman–Crippen LogP) is 4.96. The average molecular weight is 372 g/mol. The number of amides is 1. The molecule has 1 N–H and O–H groups in total. The minimum Gasteiger partial charge on any atom is -0.325 e. The van der Waals surface area contributed by atoms with Gasteiger partial charge in [-0.15, -0.1) is 11.3 Å². The van der Waals surface area contributed by atoms with Gasteiger partial charge in [-0.25, -0.2) is 9.97 Å². The van der Waals surface area contributed by atoms with Gasteiger partial charge in [-0.05, 0) is 57.4 Å². The van der Waals surface area contributed by atoms with Gasteiger partial charge in [-0.2, -0.15) is 0 Å². The fourth-order valence-electron chi connectivity index (χ4n) is 2.61. The number of thiophene rings is 1. The molecule has 0 bridgehead atoms. The Labute approximate surface area is 156 Å². The Hall–Kier alpha value is -1.92. The maximum absolute atomic E-state index is 12.4. The van der Waals surface area contributed by atoms with E-state index in [0.717, 1.165) is 37.9 Å². The summed E-state index contributed by atoms with van der Waals surface area (Å²) in [6.45, 7) is 10.1. The number of hydrogen-bond acceptors (Lipinski definition) is 5. The van der Waals surface area contributed by atoms with E-state index in [1.54, 1.807) is 11.3 Å². The molecule has 0 aliphatic heterocycles. The summed E-state index contributed by atoms with van der Waals surface area (Å²) >= 11 is 3.16. The molecule has 4 nitrogen and oxygen atoms in total. The minimum atomic E-state index is -0.0206. The fourth-order valence-corrected chi connectivity index (χ4v) is 4.68. The fraction of sp³-hybridized carbons (Fsp3) is 0.316. The summed E-state index contributed by atoms with van der Waals surface area (Å²) in [7, 11) is 0. The number of thioether (sulfide) groups is 1. The van der Waals surface area contributed by atoms with Crippen LogP contribution < -0.4 is 5.32 Å². The molecular weight excluding hydrogens is 350 g/mol. The van der Waals surface area contributed by atoms with Crippen molar-refractivity contribution in [2.75, 3.05) is 11.1 Å². The van der Waals surface area contributed by atoms with E-state index in [-0.39, 0.29) is 5.91 Å². The number of hydrogen-bond donors (Lipinski definition) is 1. The van der Waals surface area contributed by atoms with Gasteiger partial charge in [0.1, 0.15) is 15.7 Å². The molecular formula is C19H21N3OS2.